The van der Waals surface area contributed by atoms with Gasteiger partial charge in [0.05, 0.1) is 0 Å². The molecule has 1 aromatic heterocycles. The lowest BCUT2D eigenvalue weighted by molar-refractivity contribution is 0.694. The fourth-order valence-electron chi connectivity index (χ4n) is 0.458. The SMILES string of the molecule is CCNn1[nH]nnc1=S. The highest BCUT2D eigenvalue weighted by molar-refractivity contribution is 7.71. The molecule has 0 saturated carbocycles. The second kappa shape index (κ2) is 2.58. The maximum atomic E-state index is 4.75. The second-order valence-electron chi connectivity index (χ2n) is 1.43. The van der Waals surface area contributed by atoms with Gasteiger partial charge in [0.15, 0.2) is 0 Å². The first kappa shape index (κ1) is 6.21. The van der Waals surface area contributed by atoms with Crippen LogP contribution in [0.5, 0.6) is 0 Å². The van der Waals surface area contributed by atoms with Crippen LogP contribution in [0.25, 0.3) is 0 Å². The molecule has 0 fully saturated rings. The Hall–Kier alpha value is -0.910. The van der Waals surface area contributed by atoms with E-state index in [2.05, 4.69) is 21.0 Å². The molecule has 0 unspecified atom stereocenters. The van der Waals surface area contributed by atoms with Gasteiger partial charge in [0.25, 0.3) is 4.77 Å². The van der Waals surface area contributed by atoms with Gasteiger partial charge in [-0.3, -0.25) is 0 Å². The molecule has 2 N–H and O–H groups in total. The molecule has 0 radical (unpaired) electrons. The maximum absolute atomic E-state index is 4.75. The molecule has 0 aromatic carbocycles. The van der Waals surface area contributed by atoms with Crippen LogP contribution in [0.3, 0.4) is 0 Å². The van der Waals surface area contributed by atoms with Gasteiger partial charge in [-0.2, -0.15) is 10.0 Å². The van der Waals surface area contributed by atoms with E-state index < -0.39 is 0 Å². The summed E-state index contributed by atoms with van der Waals surface area (Å²) in [6, 6.07) is 0. The van der Waals surface area contributed by atoms with Gasteiger partial charge in [-0.1, -0.05) is 5.10 Å². The number of nitrogens with one attached hydrogen (secondary N) is 2. The highest BCUT2D eigenvalue weighted by atomic mass is 32.1. The molecule has 0 amide bonds. The summed E-state index contributed by atoms with van der Waals surface area (Å²) in [7, 11) is 0. The number of nitrogens with zero attached hydrogens (tertiary/aromatic N) is 3. The summed E-state index contributed by atoms with van der Waals surface area (Å²) in [5.74, 6) is 0. The van der Waals surface area contributed by atoms with Gasteiger partial charge in [-0.05, 0) is 24.4 Å². The van der Waals surface area contributed by atoms with Gasteiger partial charge in [0, 0.05) is 6.54 Å². The smallest absolute Gasteiger partial charge is 0.258 e. The van der Waals surface area contributed by atoms with E-state index in [1.54, 1.807) is 0 Å². The zero-order chi connectivity index (χ0) is 6.69. The van der Waals surface area contributed by atoms with E-state index in [0.717, 1.165) is 6.54 Å². The molecule has 1 aromatic rings. The number of hydrogen-bond donors (Lipinski definition) is 2. The van der Waals surface area contributed by atoms with E-state index in [4.69, 9.17) is 12.2 Å². The van der Waals surface area contributed by atoms with Gasteiger partial charge >= 0.3 is 0 Å². The number of tetrazole rings is 1. The Morgan fingerprint density at radius 3 is 3.11 bits per heavy atom. The third kappa shape index (κ3) is 1.26. The van der Waals surface area contributed by atoms with Crippen LogP contribution in [0, 0.1) is 4.77 Å². The molecule has 0 aliphatic heterocycles. The summed E-state index contributed by atoms with van der Waals surface area (Å²) in [6.07, 6.45) is 0. The van der Waals surface area contributed by atoms with E-state index in [1.165, 1.54) is 4.79 Å². The molecule has 0 saturated heterocycles. The Bertz CT molecular complexity index is 224. The molecule has 1 heterocycles. The number of rotatable bonds is 2. The quantitative estimate of drug-likeness (QED) is 0.570. The van der Waals surface area contributed by atoms with Crippen molar-refractivity contribution in [2.45, 2.75) is 6.92 Å². The van der Waals surface area contributed by atoms with E-state index in [9.17, 15) is 0 Å². The van der Waals surface area contributed by atoms with Crippen LogP contribution in [0.15, 0.2) is 0 Å². The van der Waals surface area contributed by atoms with Gasteiger partial charge in [-0.15, -0.1) is 0 Å². The van der Waals surface area contributed by atoms with E-state index in [1.807, 2.05) is 6.92 Å². The molecule has 0 atom stereocenters. The van der Waals surface area contributed by atoms with Crippen molar-refractivity contribution in [2.24, 2.45) is 0 Å². The van der Waals surface area contributed by atoms with Crippen molar-refractivity contribution in [3.63, 3.8) is 0 Å². The molecule has 1 rings (SSSR count). The maximum Gasteiger partial charge on any atom is 0.258 e. The molecule has 0 aliphatic rings. The lowest BCUT2D eigenvalue weighted by Crippen LogP contribution is -2.15. The largest absolute Gasteiger partial charge is 0.308 e. The second-order valence-corrected chi connectivity index (χ2v) is 1.79. The Kier molecular flexibility index (Phi) is 1.78. The Morgan fingerprint density at radius 2 is 2.67 bits per heavy atom. The minimum Gasteiger partial charge on any atom is -0.308 e. The Labute approximate surface area is 57.0 Å². The molecular formula is C3H7N5S. The van der Waals surface area contributed by atoms with Gasteiger partial charge in [0.2, 0.25) is 0 Å². The van der Waals surface area contributed by atoms with Crippen LogP contribution < -0.4 is 5.43 Å². The summed E-state index contributed by atoms with van der Waals surface area (Å²) in [4.78, 5) is 1.48. The molecular weight excluding hydrogens is 138 g/mol. The molecule has 6 heteroatoms. The molecule has 50 valence electrons. The summed E-state index contributed by atoms with van der Waals surface area (Å²) < 4.78 is 0.414. The predicted octanol–water partition coefficient (Wildman–Crippen LogP) is -0.101. The third-order valence-electron chi connectivity index (χ3n) is 0.788. The van der Waals surface area contributed by atoms with Crippen molar-refractivity contribution in [3.05, 3.63) is 4.77 Å². The molecule has 0 spiro atoms. The van der Waals surface area contributed by atoms with Crippen molar-refractivity contribution in [1.82, 2.24) is 20.3 Å². The third-order valence-corrected chi connectivity index (χ3v) is 1.05. The summed E-state index contributed by atoms with van der Waals surface area (Å²) in [5, 5.41) is 9.55. The van der Waals surface area contributed by atoms with Gasteiger partial charge < -0.3 is 5.43 Å². The monoisotopic (exact) mass is 145 g/mol. The van der Waals surface area contributed by atoms with Gasteiger partial charge in [-0.25, -0.2) is 0 Å². The van der Waals surface area contributed by atoms with Crippen LogP contribution in [0.4, 0.5) is 0 Å². The van der Waals surface area contributed by atoms with Gasteiger partial charge in [0.1, 0.15) is 0 Å². The molecule has 9 heavy (non-hydrogen) atoms. The first-order valence-corrected chi connectivity index (χ1v) is 2.99. The highest BCUT2D eigenvalue weighted by Gasteiger charge is 1.87. The normalized spacial score (nSPS) is 9.44. The van der Waals surface area contributed by atoms with Crippen LogP contribution >= 0.6 is 12.2 Å². The fourth-order valence-corrected chi connectivity index (χ4v) is 0.605. The van der Waals surface area contributed by atoms with Crippen molar-refractivity contribution in [3.8, 4) is 0 Å². The zero-order valence-electron chi connectivity index (χ0n) is 4.96. The molecule has 0 aliphatic carbocycles. The van der Waals surface area contributed by atoms with Crippen molar-refractivity contribution in [1.29, 1.82) is 0 Å². The van der Waals surface area contributed by atoms with Crippen molar-refractivity contribution < 1.29 is 0 Å². The van der Waals surface area contributed by atoms with E-state index in [-0.39, 0.29) is 0 Å². The van der Waals surface area contributed by atoms with E-state index >= 15 is 0 Å². The van der Waals surface area contributed by atoms with Crippen molar-refractivity contribution in [2.75, 3.05) is 12.0 Å². The summed E-state index contributed by atoms with van der Waals surface area (Å²) in [5.41, 5.74) is 2.89. The van der Waals surface area contributed by atoms with Crippen molar-refractivity contribution >= 4 is 12.2 Å². The average molecular weight is 145 g/mol. The lowest BCUT2D eigenvalue weighted by atomic mass is 10.8. The molecule has 5 nitrogen and oxygen atoms in total. The van der Waals surface area contributed by atoms with Crippen LogP contribution in [0.1, 0.15) is 6.92 Å². The standard InChI is InChI=1S/C3H7N5S/c1-2-4-8-3(9)5-6-7-8/h4H,2H2,1H3,(H,5,7,9). The van der Waals surface area contributed by atoms with Crippen LogP contribution in [0.2, 0.25) is 0 Å². The average Bonchev–Trinajstić information content (AvgIpc) is 2.18. The minimum atomic E-state index is 0.414. The first-order chi connectivity index (χ1) is 4.34. The summed E-state index contributed by atoms with van der Waals surface area (Å²) in [6.45, 7) is 2.75. The zero-order valence-corrected chi connectivity index (χ0v) is 5.77. The number of aromatic amines is 1. The topological polar surface area (TPSA) is 58.5 Å². The predicted molar refractivity (Wildman–Crippen MR) is 35.1 cm³/mol. The van der Waals surface area contributed by atoms with Crippen LogP contribution in [-0.4, -0.2) is 26.9 Å². The number of aromatic nitrogens is 4. The summed E-state index contributed by atoms with van der Waals surface area (Å²) >= 11 is 4.75. The van der Waals surface area contributed by atoms with Crippen LogP contribution in [-0.2, 0) is 0 Å². The van der Waals surface area contributed by atoms with E-state index in [0.29, 0.717) is 4.77 Å². The fraction of sp³-hybridized carbons (Fsp3) is 0.667. The first-order valence-electron chi connectivity index (χ1n) is 2.58. The lowest BCUT2D eigenvalue weighted by Gasteiger charge is -1.97. The number of H-pyrrole nitrogens is 1. The minimum absolute atomic E-state index is 0.414. The Morgan fingerprint density at radius 1 is 1.89 bits per heavy atom. The number of hydrogen-bond acceptors (Lipinski definition) is 4. The Balaban J connectivity index is 2.81. The molecule has 0 bridgehead atoms. The highest BCUT2D eigenvalue weighted by Crippen LogP contribution is 1.74.